The number of aromatic nitrogens is 2. The molecule has 22 heavy (non-hydrogen) atoms. The first kappa shape index (κ1) is 15.5. The minimum absolute atomic E-state index is 0.156. The van der Waals surface area contributed by atoms with Gasteiger partial charge < -0.3 is 4.74 Å². The third-order valence-electron chi connectivity index (χ3n) is 3.46. The number of nitrogens with zero attached hydrogens (tertiary/aromatic N) is 2. The fourth-order valence-corrected chi connectivity index (χ4v) is 4.35. The molecule has 0 saturated carbocycles. The molecule has 3 rings (SSSR count). The minimum atomic E-state index is -3.47. The van der Waals surface area contributed by atoms with Crippen molar-refractivity contribution in [3.8, 4) is 0 Å². The van der Waals surface area contributed by atoms with Crippen molar-refractivity contribution in [2.75, 3.05) is 13.2 Å². The van der Waals surface area contributed by atoms with Crippen LogP contribution in [0.5, 0.6) is 0 Å². The second kappa shape index (κ2) is 6.82. The summed E-state index contributed by atoms with van der Waals surface area (Å²) in [5.41, 5.74) is 0.663. The number of ether oxygens (including phenoxy) is 1. The summed E-state index contributed by atoms with van der Waals surface area (Å²) in [6.45, 7) is 1.57. The molecule has 118 valence electrons. The van der Waals surface area contributed by atoms with E-state index in [0.717, 1.165) is 25.3 Å². The average molecular weight is 339 g/mol. The van der Waals surface area contributed by atoms with Crippen molar-refractivity contribution in [1.29, 1.82) is 0 Å². The molecule has 3 heterocycles. The van der Waals surface area contributed by atoms with Crippen molar-refractivity contribution in [2.24, 2.45) is 0 Å². The number of nitrogens with one attached hydrogen (secondary N) is 1. The van der Waals surface area contributed by atoms with Gasteiger partial charge in [0.1, 0.15) is 10.0 Å². The summed E-state index contributed by atoms with van der Waals surface area (Å²) < 4.78 is 32.5. The summed E-state index contributed by atoms with van der Waals surface area (Å²) in [4.78, 5) is 8.76. The molecule has 0 aliphatic carbocycles. The topological polar surface area (TPSA) is 81.2 Å². The van der Waals surface area contributed by atoms with Crippen LogP contribution in [-0.2, 0) is 21.3 Å². The highest BCUT2D eigenvalue weighted by molar-refractivity contribution is 7.91. The molecule has 0 bridgehead atoms. The standard InChI is InChI=1S/C14H17N3O3S2/c18-22(19,13-4-2-8-21-13)16-9-12-5-6-15-14(17-12)11-3-1-7-20-10-11/h2,4-6,8,11,16H,1,3,7,9-10H2/t11-/m1/s1. The van der Waals surface area contributed by atoms with Crippen molar-refractivity contribution in [2.45, 2.75) is 29.5 Å². The van der Waals surface area contributed by atoms with Gasteiger partial charge in [-0.3, -0.25) is 0 Å². The third kappa shape index (κ3) is 3.70. The summed E-state index contributed by atoms with van der Waals surface area (Å²) >= 11 is 1.19. The molecule has 1 aliphatic heterocycles. The maximum absolute atomic E-state index is 12.1. The Morgan fingerprint density at radius 2 is 2.32 bits per heavy atom. The van der Waals surface area contributed by atoms with Crippen LogP contribution in [0.2, 0.25) is 0 Å². The number of hydrogen-bond donors (Lipinski definition) is 1. The van der Waals surface area contributed by atoms with E-state index in [0.29, 0.717) is 16.5 Å². The molecule has 8 heteroatoms. The summed E-state index contributed by atoms with van der Waals surface area (Å²) in [6.07, 6.45) is 3.68. The van der Waals surface area contributed by atoms with Crippen LogP contribution in [0.4, 0.5) is 0 Å². The first-order valence-electron chi connectivity index (χ1n) is 7.08. The highest BCUT2D eigenvalue weighted by atomic mass is 32.2. The number of hydrogen-bond acceptors (Lipinski definition) is 6. The zero-order valence-corrected chi connectivity index (χ0v) is 13.6. The van der Waals surface area contributed by atoms with E-state index in [2.05, 4.69) is 14.7 Å². The summed E-state index contributed by atoms with van der Waals surface area (Å²) in [7, 11) is -3.47. The van der Waals surface area contributed by atoms with E-state index in [1.54, 1.807) is 29.8 Å². The molecule has 2 aromatic heterocycles. The van der Waals surface area contributed by atoms with E-state index >= 15 is 0 Å². The second-order valence-corrected chi connectivity index (χ2v) is 8.02. The Kier molecular flexibility index (Phi) is 4.82. The molecule has 0 radical (unpaired) electrons. The average Bonchev–Trinajstić information content (AvgIpc) is 3.10. The molecule has 1 aliphatic rings. The van der Waals surface area contributed by atoms with Gasteiger partial charge in [0.2, 0.25) is 10.0 Å². The lowest BCUT2D eigenvalue weighted by atomic mass is 10.0. The van der Waals surface area contributed by atoms with Crippen LogP contribution in [-0.4, -0.2) is 31.6 Å². The lowest BCUT2D eigenvalue weighted by molar-refractivity contribution is 0.0780. The number of thiophene rings is 1. The highest BCUT2D eigenvalue weighted by Crippen LogP contribution is 2.22. The molecule has 2 aromatic rings. The highest BCUT2D eigenvalue weighted by Gasteiger charge is 2.19. The van der Waals surface area contributed by atoms with Crippen LogP contribution >= 0.6 is 11.3 Å². The van der Waals surface area contributed by atoms with Crippen molar-refractivity contribution in [3.63, 3.8) is 0 Å². The van der Waals surface area contributed by atoms with Gasteiger partial charge in [0, 0.05) is 18.7 Å². The van der Waals surface area contributed by atoms with Gasteiger partial charge >= 0.3 is 0 Å². The van der Waals surface area contributed by atoms with E-state index in [1.807, 2.05) is 0 Å². The van der Waals surface area contributed by atoms with Crippen LogP contribution in [0.25, 0.3) is 0 Å². The van der Waals surface area contributed by atoms with E-state index < -0.39 is 10.0 Å². The number of rotatable bonds is 5. The zero-order valence-electron chi connectivity index (χ0n) is 11.9. The van der Waals surface area contributed by atoms with Gasteiger partial charge in [-0.15, -0.1) is 11.3 Å². The Morgan fingerprint density at radius 3 is 3.05 bits per heavy atom. The van der Waals surface area contributed by atoms with Gasteiger partial charge in [-0.1, -0.05) is 6.07 Å². The fourth-order valence-electron chi connectivity index (χ4n) is 2.31. The van der Waals surface area contributed by atoms with Crippen molar-refractivity contribution in [1.82, 2.24) is 14.7 Å². The Balaban J connectivity index is 1.68. The van der Waals surface area contributed by atoms with Gasteiger partial charge in [-0.25, -0.2) is 23.1 Å². The summed E-state index contributed by atoms with van der Waals surface area (Å²) in [5, 5.41) is 1.74. The monoisotopic (exact) mass is 339 g/mol. The Bertz CT molecular complexity index is 711. The van der Waals surface area contributed by atoms with Crippen molar-refractivity contribution >= 4 is 21.4 Å². The maximum atomic E-state index is 12.1. The Labute approximate surface area is 133 Å². The molecule has 1 atom stereocenters. The second-order valence-electron chi connectivity index (χ2n) is 5.08. The molecular weight excluding hydrogens is 322 g/mol. The molecule has 1 saturated heterocycles. The Hall–Kier alpha value is -1.35. The molecule has 1 N–H and O–H groups in total. The van der Waals surface area contributed by atoms with Gasteiger partial charge in [0.05, 0.1) is 18.8 Å². The van der Waals surface area contributed by atoms with Gasteiger partial charge in [0.25, 0.3) is 0 Å². The van der Waals surface area contributed by atoms with Gasteiger partial charge in [-0.2, -0.15) is 0 Å². The first-order chi connectivity index (χ1) is 10.6. The third-order valence-corrected chi connectivity index (χ3v) is 6.26. The maximum Gasteiger partial charge on any atom is 0.250 e. The molecule has 0 spiro atoms. The van der Waals surface area contributed by atoms with Gasteiger partial charge in [0.15, 0.2) is 0 Å². The Morgan fingerprint density at radius 1 is 1.41 bits per heavy atom. The normalized spacial score (nSPS) is 19.2. The zero-order chi connectivity index (χ0) is 15.4. The SMILES string of the molecule is O=S(=O)(NCc1ccnc([C@@H]2CCCOC2)n1)c1cccs1. The number of sulfonamides is 1. The molecule has 1 fully saturated rings. The van der Waals surface area contributed by atoms with Crippen LogP contribution < -0.4 is 4.72 Å². The van der Waals surface area contributed by atoms with E-state index in [-0.39, 0.29) is 12.5 Å². The van der Waals surface area contributed by atoms with Crippen LogP contribution in [0.3, 0.4) is 0 Å². The smallest absolute Gasteiger partial charge is 0.250 e. The molecular formula is C14H17N3O3S2. The van der Waals surface area contributed by atoms with E-state index in [9.17, 15) is 8.42 Å². The van der Waals surface area contributed by atoms with Crippen LogP contribution in [0.1, 0.15) is 30.3 Å². The fraction of sp³-hybridized carbons (Fsp3) is 0.429. The van der Waals surface area contributed by atoms with Crippen molar-refractivity contribution in [3.05, 3.63) is 41.3 Å². The molecule has 0 unspecified atom stereocenters. The van der Waals surface area contributed by atoms with E-state index in [4.69, 9.17) is 4.74 Å². The first-order valence-corrected chi connectivity index (χ1v) is 9.44. The quantitative estimate of drug-likeness (QED) is 0.900. The summed E-state index contributed by atoms with van der Waals surface area (Å²) in [5.74, 6) is 0.926. The van der Waals surface area contributed by atoms with Crippen molar-refractivity contribution < 1.29 is 13.2 Å². The largest absolute Gasteiger partial charge is 0.381 e. The van der Waals surface area contributed by atoms with Gasteiger partial charge in [-0.05, 0) is 30.4 Å². The lowest BCUT2D eigenvalue weighted by Gasteiger charge is -2.20. The summed E-state index contributed by atoms with van der Waals surface area (Å²) in [6, 6.07) is 5.02. The van der Waals surface area contributed by atoms with Crippen LogP contribution in [0.15, 0.2) is 34.0 Å². The minimum Gasteiger partial charge on any atom is -0.381 e. The predicted molar refractivity (Wildman–Crippen MR) is 83.2 cm³/mol. The molecule has 0 aromatic carbocycles. The lowest BCUT2D eigenvalue weighted by Crippen LogP contribution is -2.24. The predicted octanol–water partition coefficient (Wildman–Crippen LogP) is 1.91. The van der Waals surface area contributed by atoms with E-state index in [1.165, 1.54) is 11.3 Å². The van der Waals surface area contributed by atoms with Crippen LogP contribution in [0, 0.1) is 0 Å². The molecule has 6 nitrogen and oxygen atoms in total. The molecule has 0 amide bonds.